The number of aryl methyl sites for hydroxylation is 1. The van der Waals surface area contributed by atoms with Crippen LogP contribution in [0.1, 0.15) is 40.9 Å². The fourth-order valence-corrected chi connectivity index (χ4v) is 6.65. The summed E-state index contributed by atoms with van der Waals surface area (Å²) >= 11 is 1.58. The number of amides is 2. The lowest BCUT2D eigenvalue weighted by Gasteiger charge is -2.33. The second-order valence-electron chi connectivity index (χ2n) is 9.52. The first kappa shape index (κ1) is 22.5. The van der Waals surface area contributed by atoms with Crippen molar-refractivity contribution in [3.8, 4) is 5.75 Å². The highest BCUT2D eigenvalue weighted by molar-refractivity contribution is 8.02. The largest absolute Gasteiger partial charge is 0.497 e. The van der Waals surface area contributed by atoms with Crippen molar-refractivity contribution in [2.45, 2.75) is 36.9 Å². The average molecular weight is 473 g/mol. The van der Waals surface area contributed by atoms with Crippen molar-refractivity contribution < 1.29 is 14.3 Å². The topological polar surface area (TPSA) is 49.9 Å². The zero-order valence-corrected chi connectivity index (χ0v) is 20.7. The molecule has 3 aromatic rings. The Kier molecular flexibility index (Phi) is 5.44. The minimum Gasteiger partial charge on any atom is -0.497 e. The fraction of sp³-hybridized carbons (Fsp3) is 0.286. The molecule has 5 rings (SSSR count). The van der Waals surface area contributed by atoms with Gasteiger partial charge in [-0.3, -0.25) is 9.59 Å². The SMILES string of the molecule is COc1ccc(C(=O)N2CC(C)(C)SC23C(=O)N(Cc2ccccc2)c2ccc(C)cc23)cc1. The number of hydrogen-bond donors (Lipinski definition) is 0. The van der Waals surface area contributed by atoms with Gasteiger partial charge in [0.05, 0.1) is 19.3 Å². The van der Waals surface area contributed by atoms with E-state index in [9.17, 15) is 9.59 Å². The van der Waals surface area contributed by atoms with Gasteiger partial charge in [-0.05, 0) is 56.7 Å². The molecule has 174 valence electrons. The van der Waals surface area contributed by atoms with Crippen molar-refractivity contribution in [2.75, 3.05) is 18.6 Å². The van der Waals surface area contributed by atoms with Gasteiger partial charge < -0.3 is 14.5 Å². The number of carbonyl (C=O) groups excluding carboxylic acids is 2. The molecule has 1 saturated heterocycles. The van der Waals surface area contributed by atoms with E-state index in [4.69, 9.17) is 4.74 Å². The van der Waals surface area contributed by atoms with Crippen molar-refractivity contribution in [3.63, 3.8) is 0 Å². The summed E-state index contributed by atoms with van der Waals surface area (Å²) < 4.78 is 4.97. The van der Waals surface area contributed by atoms with Crippen molar-refractivity contribution in [1.29, 1.82) is 0 Å². The molecule has 0 aromatic heterocycles. The first-order chi connectivity index (χ1) is 16.2. The summed E-state index contributed by atoms with van der Waals surface area (Å²) in [6, 6.07) is 23.2. The van der Waals surface area contributed by atoms with E-state index in [1.54, 1.807) is 48.0 Å². The molecule has 1 atom stereocenters. The number of carbonyl (C=O) groups is 2. The molecule has 0 radical (unpaired) electrons. The molecular formula is C28H28N2O3S. The van der Waals surface area contributed by atoms with Crippen LogP contribution in [0.4, 0.5) is 5.69 Å². The van der Waals surface area contributed by atoms with Gasteiger partial charge in [0.25, 0.3) is 11.8 Å². The quantitative estimate of drug-likeness (QED) is 0.512. The lowest BCUT2D eigenvalue weighted by Crippen LogP contribution is -2.50. The molecule has 2 aliphatic heterocycles. The second kappa shape index (κ2) is 8.20. The number of fused-ring (bicyclic) bond motifs is 2. The van der Waals surface area contributed by atoms with Crippen LogP contribution >= 0.6 is 11.8 Å². The van der Waals surface area contributed by atoms with E-state index < -0.39 is 4.87 Å². The molecule has 0 aliphatic carbocycles. The number of ether oxygens (including phenoxy) is 1. The van der Waals surface area contributed by atoms with Gasteiger partial charge in [-0.15, -0.1) is 11.8 Å². The van der Waals surface area contributed by atoms with E-state index in [1.807, 2.05) is 54.3 Å². The summed E-state index contributed by atoms with van der Waals surface area (Å²) in [6.45, 7) is 7.16. The number of anilines is 1. The average Bonchev–Trinajstić information content (AvgIpc) is 3.25. The Bertz CT molecular complexity index is 1260. The van der Waals surface area contributed by atoms with Gasteiger partial charge in [0, 0.05) is 22.4 Å². The Morgan fingerprint density at radius 1 is 1.03 bits per heavy atom. The van der Waals surface area contributed by atoms with E-state index in [-0.39, 0.29) is 16.6 Å². The van der Waals surface area contributed by atoms with Gasteiger partial charge in [0.15, 0.2) is 4.87 Å². The Morgan fingerprint density at radius 2 is 1.74 bits per heavy atom. The predicted octanol–water partition coefficient (Wildman–Crippen LogP) is 5.37. The molecule has 0 saturated carbocycles. The zero-order valence-electron chi connectivity index (χ0n) is 19.9. The summed E-state index contributed by atoms with van der Waals surface area (Å²) in [4.78, 5) is 30.8. The van der Waals surface area contributed by atoms with Gasteiger partial charge in [0.1, 0.15) is 5.75 Å². The first-order valence-electron chi connectivity index (χ1n) is 11.4. The maximum Gasteiger partial charge on any atom is 0.268 e. The summed E-state index contributed by atoms with van der Waals surface area (Å²) in [6.07, 6.45) is 0. The molecule has 1 unspecified atom stereocenters. The number of hydrogen-bond acceptors (Lipinski definition) is 4. The van der Waals surface area contributed by atoms with E-state index >= 15 is 0 Å². The molecule has 5 nitrogen and oxygen atoms in total. The van der Waals surface area contributed by atoms with Gasteiger partial charge >= 0.3 is 0 Å². The maximum absolute atomic E-state index is 14.3. The molecule has 34 heavy (non-hydrogen) atoms. The Morgan fingerprint density at radius 3 is 2.41 bits per heavy atom. The number of rotatable bonds is 4. The molecule has 6 heteroatoms. The summed E-state index contributed by atoms with van der Waals surface area (Å²) in [5.41, 5.74) is 4.43. The third-order valence-electron chi connectivity index (χ3n) is 6.45. The third-order valence-corrected chi connectivity index (χ3v) is 8.04. The van der Waals surface area contributed by atoms with Crippen LogP contribution < -0.4 is 9.64 Å². The van der Waals surface area contributed by atoms with Crippen LogP contribution in [0, 0.1) is 6.92 Å². The minimum atomic E-state index is -1.10. The second-order valence-corrected chi connectivity index (χ2v) is 11.4. The minimum absolute atomic E-state index is 0.0608. The highest BCUT2D eigenvalue weighted by Gasteiger charge is 2.63. The van der Waals surface area contributed by atoms with E-state index in [0.717, 1.165) is 22.4 Å². The summed E-state index contributed by atoms with van der Waals surface area (Å²) in [5.74, 6) is 0.479. The zero-order chi connectivity index (χ0) is 24.1. The van der Waals surface area contributed by atoms with Crippen LogP contribution in [0.25, 0.3) is 0 Å². The molecule has 2 aliphatic rings. The highest BCUT2D eigenvalue weighted by Crippen LogP contribution is 2.60. The number of thioether (sulfide) groups is 1. The number of methoxy groups -OCH3 is 1. The molecular weight excluding hydrogens is 444 g/mol. The lowest BCUT2D eigenvalue weighted by molar-refractivity contribution is -0.123. The molecule has 3 aromatic carbocycles. The predicted molar refractivity (Wildman–Crippen MR) is 136 cm³/mol. The Balaban J connectivity index is 1.63. The van der Waals surface area contributed by atoms with E-state index in [0.29, 0.717) is 24.4 Å². The fourth-order valence-electron chi connectivity index (χ4n) is 4.93. The molecule has 1 spiro atoms. The van der Waals surface area contributed by atoms with Crippen LogP contribution in [0.5, 0.6) is 5.75 Å². The van der Waals surface area contributed by atoms with E-state index in [1.165, 1.54) is 0 Å². The van der Waals surface area contributed by atoms with Gasteiger partial charge in [-0.25, -0.2) is 0 Å². The van der Waals surface area contributed by atoms with Crippen molar-refractivity contribution in [2.24, 2.45) is 0 Å². The molecule has 1 fully saturated rings. The smallest absolute Gasteiger partial charge is 0.268 e. The highest BCUT2D eigenvalue weighted by atomic mass is 32.2. The monoisotopic (exact) mass is 472 g/mol. The van der Waals surface area contributed by atoms with Crippen LogP contribution in [0.2, 0.25) is 0 Å². The molecule has 2 amide bonds. The summed E-state index contributed by atoms with van der Waals surface area (Å²) in [7, 11) is 1.60. The van der Waals surface area contributed by atoms with Crippen LogP contribution in [0.15, 0.2) is 72.8 Å². The van der Waals surface area contributed by atoms with Gasteiger partial charge in [0.2, 0.25) is 0 Å². The number of benzene rings is 3. The maximum atomic E-state index is 14.3. The van der Waals surface area contributed by atoms with Crippen molar-refractivity contribution in [1.82, 2.24) is 4.90 Å². The number of nitrogens with zero attached hydrogens (tertiary/aromatic N) is 2. The molecule has 0 bridgehead atoms. The normalized spacial score (nSPS) is 20.6. The van der Waals surface area contributed by atoms with Crippen LogP contribution in [-0.4, -0.2) is 35.1 Å². The molecule has 0 N–H and O–H groups in total. The van der Waals surface area contributed by atoms with E-state index in [2.05, 4.69) is 19.9 Å². The molecule has 2 heterocycles. The standard InChI is InChI=1S/C28H28N2O3S/c1-19-10-15-24-23(16-19)28(26(32)29(24)17-20-8-6-5-7-9-20)30(18-27(2,3)34-28)25(31)21-11-13-22(33-4)14-12-21/h5-16H,17-18H2,1-4H3. The van der Waals surface area contributed by atoms with Crippen molar-refractivity contribution >= 4 is 29.3 Å². The van der Waals surface area contributed by atoms with Crippen LogP contribution in [0.3, 0.4) is 0 Å². The third kappa shape index (κ3) is 3.57. The Hall–Kier alpha value is -3.25. The van der Waals surface area contributed by atoms with Gasteiger partial charge in [-0.2, -0.15) is 0 Å². The lowest BCUT2D eigenvalue weighted by atomic mass is 10.0. The van der Waals surface area contributed by atoms with Crippen LogP contribution in [-0.2, 0) is 16.2 Å². The Labute approximate surface area is 204 Å². The van der Waals surface area contributed by atoms with Gasteiger partial charge in [-0.1, -0.05) is 48.0 Å². The first-order valence-corrected chi connectivity index (χ1v) is 12.2. The van der Waals surface area contributed by atoms with Crippen molar-refractivity contribution in [3.05, 3.63) is 95.1 Å². The summed E-state index contributed by atoms with van der Waals surface area (Å²) in [5, 5.41) is 0.